The van der Waals surface area contributed by atoms with Crippen molar-refractivity contribution in [3.05, 3.63) is 52.5 Å². The summed E-state index contributed by atoms with van der Waals surface area (Å²) in [6.07, 6.45) is -2.46. The number of nitrogens with zero attached hydrogens (tertiary/aromatic N) is 3. The predicted molar refractivity (Wildman–Crippen MR) is 107 cm³/mol. The van der Waals surface area contributed by atoms with Crippen molar-refractivity contribution >= 4 is 11.8 Å². The molecule has 3 rings (SSSR count). The van der Waals surface area contributed by atoms with Crippen LogP contribution in [-0.4, -0.2) is 57.2 Å². The van der Waals surface area contributed by atoms with Gasteiger partial charge < -0.3 is 20.1 Å². The van der Waals surface area contributed by atoms with Gasteiger partial charge in [0.1, 0.15) is 5.69 Å². The van der Waals surface area contributed by atoms with E-state index in [9.17, 15) is 27.9 Å². The number of hydrogen-bond acceptors (Lipinski definition) is 6. The molecule has 32 heavy (non-hydrogen) atoms. The Bertz CT molecular complexity index is 1030. The minimum atomic E-state index is -4.47. The molecule has 1 aliphatic rings. The molecule has 2 atom stereocenters. The number of hydrogen-bond donors (Lipinski definition) is 2. The SMILES string of the molecule is Cc1cc(C(C)N2Cc3c(ccnc3C(=O)NC[C@@H](C)O)C2=O)cnc1OCC(F)(F)F. The Labute approximate surface area is 182 Å². The summed E-state index contributed by atoms with van der Waals surface area (Å²) in [4.78, 5) is 35.0. The molecule has 8 nitrogen and oxygen atoms in total. The number of aliphatic hydroxyl groups is 1. The molecular weight excluding hydrogens is 429 g/mol. The van der Waals surface area contributed by atoms with E-state index in [0.29, 0.717) is 22.3 Å². The second kappa shape index (κ2) is 9.11. The first-order valence-electron chi connectivity index (χ1n) is 9.89. The van der Waals surface area contributed by atoms with Gasteiger partial charge in [-0.1, -0.05) is 0 Å². The van der Waals surface area contributed by atoms with Crippen LogP contribution in [0.25, 0.3) is 0 Å². The van der Waals surface area contributed by atoms with Crippen molar-refractivity contribution in [3.8, 4) is 5.88 Å². The highest BCUT2D eigenvalue weighted by Gasteiger charge is 2.35. The summed E-state index contributed by atoms with van der Waals surface area (Å²) in [5.41, 5.74) is 1.95. The number of ether oxygens (including phenoxy) is 1. The fraction of sp³-hybridized carbons (Fsp3) is 0.429. The van der Waals surface area contributed by atoms with Gasteiger partial charge in [0.25, 0.3) is 11.8 Å². The number of carbonyl (C=O) groups is 2. The number of rotatable bonds is 7. The van der Waals surface area contributed by atoms with Gasteiger partial charge in [-0.3, -0.25) is 14.6 Å². The summed E-state index contributed by atoms with van der Waals surface area (Å²) in [5.74, 6) is -0.918. The van der Waals surface area contributed by atoms with Crippen molar-refractivity contribution in [2.24, 2.45) is 0 Å². The molecule has 0 fully saturated rings. The Balaban J connectivity index is 1.79. The number of aromatic nitrogens is 2. The second-order valence-electron chi connectivity index (χ2n) is 7.65. The molecule has 2 amide bonds. The van der Waals surface area contributed by atoms with Crippen LogP contribution in [0.5, 0.6) is 5.88 Å². The monoisotopic (exact) mass is 452 g/mol. The lowest BCUT2D eigenvalue weighted by atomic mass is 10.1. The maximum Gasteiger partial charge on any atom is 0.422 e. The molecule has 0 radical (unpaired) electrons. The molecule has 0 spiro atoms. The van der Waals surface area contributed by atoms with Gasteiger partial charge in [0.05, 0.1) is 12.1 Å². The zero-order valence-corrected chi connectivity index (χ0v) is 17.7. The Kier molecular flexibility index (Phi) is 6.68. The van der Waals surface area contributed by atoms with Crippen molar-refractivity contribution in [3.63, 3.8) is 0 Å². The van der Waals surface area contributed by atoms with Gasteiger partial charge in [-0.25, -0.2) is 4.98 Å². The Morgan fingerprint density at radius 1 is 1.34 bits per heavy atom. The van der Waals surface area contributed by atoms with Crippen LogP contribution in [0.2, 0.25) is 0 Å². The van der Waals surface area contributed by atoms with E-state index in [1.165, 1.54) is 30.3 Å². The maximum atomic E-state index is 13.0. The molecule has 2 N–H and O–H groups in total. The smallest absolute Gasteiger partial charge is 0.422 e. The van der Waals surface area contributed by atoms with E-state index in [1.54, 1.807) is 19.9 Å². The van der Waals surface area contributed by atoms with E-state index < -0.39 is 30.8 Å². The highest BCUT2D eigenvalue weighted by Crippen LogP contribution is 2.33. The first kappa shape index (κ1) is 23.5. The maximum absolute atomic E-state index is 13.0. The number of aliphatic hydroxyl groups excluding tert-OH is 1. The van der Waals surface area contributed by atoms with Crippen molar-refractivity contribution in [2.75, 3.05) is 13.2 Å². The van der Waals surface area contributed by atoms with Crippen LogP contribution in [0, 0.1) is 6.92 Å². The van der Waals surface area contributed by atoms with Gasteiger partial charge in [-0.2, -0.15) is 13.2 Å². The zero-order valence-electron chi connectivity index (χ0n) is 17.7. The van der Waals surface area contributed by atoms with Gasteiger partial charge in [0, 0.05) is 42.2 Å². The van der Waals surface area contributed by atoms with Crippen molar-refractivity contribution in [1.82, 2.24) is 20.2 Å². The Hall–Kier alpha value is -3.21. The highest BCUT2D eigenvalue weighted by atomic mass is 19.4. The van der Waals surface area contributed by atoms with Crippen LogP contribution in [0.1, 0.15) is 57.4 Å². The number of carbonyl (C=O) groups excluding carboxylic acids is 2. The molecule has 11 heteroatoms. The van der Waals surface area contributed by atoms with E-state index >= 15 is 0 Å². The number of amides is 2. The van der Waals surface area contributed by atoms with Gasteiger partial charge >= 0.3 is 6.18 Å². The lowest BCUT2D eigenvalue weighted by Gasteiger charge is -2.25. The summed E-state index contributed by atoms with van der Waals surface area (Å²) in [6, 6.07) is 2.69. The highest BCUT2D eigenvalue weighted by molar-refractivity contribution is 6.03. The van der Waals surface area contributed by atoms with Crippen LogP contribution < -0.4 is 10.1 Å². The number of nitrogens with one attached hydrogen (secondary N) is 1. The third-order valence-electron chi connectivity index (χ3n) is 5.02. The summed E-state index contributed by atoms with van der Waals surface area (Å²) < 4.78 is 41.9. The molecule has 2 aromatic rings. The molecule has 1 unspecified atom stereocenters. The molecule has 0 aromatic carbocycles. The number of pyridine rings is 2. The van der Waals surface area contributed by atoms with Crippen LogP contribution in [0.3, 0.4) is 0 Å². The van der Waals surface area contributed by atoms with Crippen molar-refractivity contribution < 1.29 is 32.6 Å². The third-order valence-corrected chi connectivity index (χ3v) is 5.02. The van der Waals surface area contributed by atoms with Crippen molar-refractivity contribution in [2.45, 2.75) is 45.6 Å². The average Bonchev–Trinajstić information content (AvgIpc) is 3.06. The fourth-order valence-electron chi connectivity index (χ4n) is 3.38. The van der Waals surface area contributed by atoms with Gasteiger partial charge in [0.2, 0.25) is 5.88 Å². The van der Waals surface area contributed by atoms with E-state index in [1.807, 2.05) is 0 Å². The van der Waals surface area contributed by atoms with E-state index in [0.717, 1.165) is 0 Å². The van der Waals surface area contributed by atoms with E-state index in [4.69, 9.17) is 4.74 Å². The van der Waals surface area contributed by atoms with Crippen LogP contribution >= 0.6 is 0 Å². The average molecular weight is 452 g/mol. The van der Waals surface area contributed by atoms with Gasteiger partial charge in [0.15, 0.2) is 6.61 Å². The molecule has 0 saturated heterocycles. The largest absolute Gasteiger partial charge is 0.468 e. The summed E-state index contributed by atoms with van der Waals surface area (Å²) in [5, 5.41) is 11.9. The van der Waals surface area contributed by atoms with Gasteiger partial charge in [-0.15, -0.1) is 0 Å². The Morgan fingerprint density at radius 3 is 2.69 bits per heavy atom. The summed E-state index contributed by atoms with van der Waals surface area (Å²) in [6.45, 7) is 3.60. The zero-order chi connectivity index (χ0) is 23.6. The normalized spacial score (nSPS) is 15.3. The molecule has 0 aliphatic carbocycles. The minimum Gasteiger partial charge on any atom is -0.468 e. The van der Waals surface area contributed by atoms with Crippen molar-refractivity contribution in [1.29, 1.82) is 0 Å². The predicted octanol–water partition coefficient (Wildman–Crippen LogP) is 2.55. The standard InChI is InChI=1S/C21H23F3N4O4/c1-11-6-14(8-27-19(11)32-10-21(22,23)24)13(3)28-9-16-15(20(28)31)4-5-25-17(16)18(30)26-7-12(2)29/h4-6,8,12-13,29H,7,9-10H2,1-3H3,(H,26,30)/t12-,13?/m1/s1. The summed E-state index contributed by atoms with van der Waals surface area (Å²) >= 11 is 0. The molecule has 1 aliphatic heterocycles. The van der Waals surface area contributed by atoms with E-state index in [-0.39, 0.29) is 30.6 Å². The lowest BCUT2D eigenvalue weighted by molar-refractivity contribution is -0.154. The molecular formula is C21H23F3N4O4. The summed E-state index contributed by atoms with van der Waals surface area (Å²) in [7, 11) is 0. The molecule has 2 aromatic heterocycles. The Morgan fingerprint density at radius 2 is 2.06 bits per heavy atom. The van der Waals surface area contributed by atoms with Gasteiger partial charge in [-0.05, 0) is 38.5 Å². The molecule has 0 bridgehead atoms. The number of fused-ring (bicyclic) bond motifs is 1. The fourth-order valence-corrected chi connectivity index (χ4v) is 3.38. The second-order valence-corrected chi connectivity index (χ2v) is 7.65. The topological polar surface area (TPSA) is 105 Å². The minimum absolute atomic E-state index is 0.0476. The van der Waals surface area contributed by atoms with Crippen LogP contribution in [-0.2, 0) is 6.54 Å². The lowest BCUT2D eigenvalue weighted by Crippen LogP contribution is -2.32. The number of halogens is 3. The van der Waals surface area contributed by atoms with Crippen LogP contribution in [0.15, 0.2) is 24.5 Å². The first-order chi connectivity index (χ1) is 15.0. The molecule has 0 saturated carbocycles. The molecule has 172 valence electrons. The number of aryl methyl sites for hydroxylation is 1. The van der Waals surface area contributed by atoms with Crippen LogP contribution in [0.4, 0.5) is 13.2 Å². The number of alkyl halides is 3. The first-order valence-corrected chi connectivity index (χ1v) is 9.89. The third kappa shape index (κ3) is 5.16. The molecule has 3 heterocycles. The quantitative estimate of drug-likeness (QED) is 0.669. The van der Waals surface area contributed by atoms with E-state index in [2.05, 4.69) is 15.3 Å².